The Labute approximate surface area is 197 Å². The van der Waals surface area contributed by atoms with Crippen molar-refractivity contribution in [3.05, 3.63) is 40.1 Å². The van der Waals surface area contributed by atoms with Crippen molar-refractivity contribution in [1.29, 1.82) is 0 Å². The number of nitrogen functional groups attached to an aromatic ring is 1. The van der Waals surface area contributed by atoms with Crippen LogP contribution >= 0.6 is 11.3 Å². The number of aryl methyl sites for hydroxylation is 2. The maximum absolute atomic E-state index is 12.3. The van der Waals surface area contributed by atoms with Crippen LogP contribution in [0.2, 0.25) is 0 Å². The summed E-state index contributed by atoms with van der Waals surface area (Å²) in [6, 6.07) is 4.06. The van der Waals surface area contributed by atoms with Crippen molar-refractivity contribution in [2.24, 2.45) is 0 Å². The summed E-state index contributed by atoms with van der Waals surface area (Å²) < 4.78 is 8.19. The monoisotopic (exact) mass is 467 g/mol. The summed E-state index contributed by atoms with van der Waals surface area (Å²) in [5.41, 5.74) is 8.97. The molecule has 2 amide bonds. The summed E-state index contributed by atoms with van der Waals surface area (Å²) in [6.45, 7) is 8.90. The summed E-state index contributed by atoms with van der Waals surface area (Å²) in [4.78, 5) is 24.2. The molecule has 0 aliphatic carbocycles. The van der Waals surface area contributed by atoms with E-state index in [1.54, 1.807) is 17.5 Å². The van der Waals surface area contributed by atoms with Gasteiger partial charge in [-0.15, -0.1) is 11.3 Å². The van der Waals surface area contributed by atoms with Crippen LogP contribution in [-0.4, -0.2) is 50.3 Å². The normalized spacial score (nSPS) is 20.3. The Balaban J connectivity index is 1.38. The second-order valence-electron chi connectivity index (χ2n) is 8.85. The highest BCUT2D eigenvalue weighted by Gasteiger charge is 2.46. The molecule has 1 saturated heterocycles. The number of fused-ring (bicyclic) bond motifs is 2. The third-order valence-corrected chi connectivity index (χ3v) is 7.64. The molecule has 1 fully saturated rings. The van der Waals surface area contributed by atoms with Crippen LogP contribution in [0, 0.1) is 6.92 Å². The molecule has 3 N–H and O–H groups in total. The van der Waals surface area contributed by atoms with Gasteiger partial charge in [0.2, 0.25) is 0 Å². The summed E-state index contributed by atoms with van der Waals surface area (Å²) in [5.74, 6) is 0.870. The van der Waals surface area contributed by atoms with E-state index in [1.807, 2.05) is 37.9 Å². The van der Waals surface area contributed by atoms with E-state index in [0.29, 0.717) is 18.1 Å². The fourth-order valence-corrected chi connectivity index (χ4v) is 5.57. The molecule has 1 spiro atoms. The minimum atomic E-state index is -0.225. The van der Waals surface area contributed by atoms with Crippen LogP contribution in [0.5, 0.6) is 5.75 Å². The Hall–Kier alpha value is -3.14. The Morgan fingerprint density at radius 1 is 1.30 bits per heavy atom. The first-order chi connectivity index (χ1) is 15.9. The minimum absolute atomic E-state index is 0.0154. The number of thiazole rings is 1. The van der Waals surface area contributed by atoms with E-state index in [9.17, 15) is 4.79 Å². The topological polar surface area (TPSA) is 111 Å². The van der Waals surface area contributed by atoms with Crippen molar-refractivity contribution in [3.8, 4) is 17.0 Å². The molecule has 0 aromatic carbocycles. The smallest absolute Gasteiger partial charge is 0.317 e. The molecule has 9 nitrogen and oxygen atoms in total. The second-order valence-corrected chi connectivity index (χ2v) is 10.1. The number of amides is 2. The summed E-state index contributed by atoms with van der Waals surface area (Å²) in [7, 11) is 0. The van der Waals surface area contributed by atoms with Gasteiger partial charge >= 0.3 is 6.03 Å². The number of nitrogens with one attached hydrogen (secondary N) is 1. The standard InChI is InChI=1S/C23H29N7O2S/c1-4-25-22(31)29-7-5-23(13-29)6-8-30-19(23)10-17(28-30)16-9-18(20(24)26-12-16)32-15(3)21-27-11-14(2)33-21/h9-12,15H,4-8,13H2,1-3H3,(H2,24,26)(H,25,31)/t15?,23-/m1/s1. The van der Waals surface area contributed by atoms with Crippen molar-refractivity contribution in [2.45, 2.75) is 51.7 Å². The van der Waals surface area contributed by atoms with Crippen LogP contribution in [0.4, 0.5) is 10.6 Å². The molecule has 0 saturated carbocycles. The average Bonchev–Trinajstić information content (AvgIpc) is 3.56. The number of aromatic nitrogens is 4. The van der Waals surface area contributed by atoms with Crippen LogP contribution in [0.3, 0.4) is 0 Å². The number of carbonyl (C=O) groups is 1. The molecule has 2 aliphatic heterocycles. The number of pyridine rings is 1. The van der Waals surface area contributed by atoms with Gasteiger partial charge < -0.3 is 20.7 Å². The van der Waals surface area contributed by atoms with E-state index in [4.69, 9.17) is 15.6 Å². The van der Waals surface area contributed by atoms with Crippen molar-refractivity contribution in [2.75, 3.05) is 25.4 Å². The van der Waals surface area contributed by atoms with E-state index in [1.165, 1.54) is 5.69 Å². The van der Waals surface area contributed by atoms with E-state index in [-0.39, 0.29) is 17.6 Å². The van der Waals surface area contributed by atoms with Crippen LogP contribution in [0.1, 0.15) is 48.4 Å². The number of ether oxygens (including phenoxy) is 1. The minimum Gasteiger partial charge on any atom is -0.480 e. The van der Waals surface area contributed by atoms with Gasteiger partial charge in [0.25, 0.3) is 0 Å². The summed E-state index contributed by atoms with van der Waals surface area (Å²) in [5, 5.41) is 8.67. The molecular weight excluding hydrogens is 438 g/mol. The Bertz CT molecular complexity index is 1190. The highest BCUT2D eigenvalue weighted by Crippen LogP contribution is 2.44. The molecule has 0 bridgehead atoms. The molecule has 3 aromatic rings. The molecule has 5 rings (SSSR count). The van der Waals surface area contributed by atoms with Crippen LogP contribution in [0.15, 0.2) is 24.5 Å². The van der Waals surface area contributed by atoms with Gasteiger partial charge in [0, 0.05) is 60.1 Å². The fraction of sp³-hybridized carbons (Fsp3) is 0.478. The number of hydrogen-bond donors (Lipinski definition) is 2. The lowest BCUT2D eigenvalue weighted by atomic mass is 9.82. The van der Waals surface area contributed by atoms with Crippen LogP contribution in [-0.2, 0) is 12.0 Å². The highest BCUT2D eigenvalue weighted by atomic mass is 32.1. The number of likely N-dealkylation sites (tertiary alicyclic amines) is 1. The molecule has 174 valence electrons. The highest BCUT2D eigenvalue weighted by molar-refractivity contribution is 7.11. The first kappa shape index (κ1) is 21.7. The van der Waals surface area contributed by atoms with Gasteiger partial charge in [-0.25, -0.2) is 14.8 Å². The molecule has 1 unspecified atom stereocenters. The third-order valence-electron chi connectivity index (χ3n) is 6.56. The predicted molar refractivity (Wildman–Crippen MR) is 127 cm³/mol. The molecule has 5 heterocycles. The molecule has 2 atom stereocenters. The molecule has 0 radical (unpaired) electrons. The van der Waals surface area contributed by atoms with Gasteiger partial charge in [-0.1, -0.05) is 0 Å². The first-order valence-corrected chi connectivity index (χ1v) is 12.2. The predicted octanol–water partition coefficient (Wildman–Crippen LogP) is 3.51. The Morgan fingerprint density at radius 2 is 2.12 bits per heavy atom. The lowest BCUT2D eigenvalue weighted by Gasteiger charge is -2.23. The summed E-state index contributed by atoms with van der Waals surface area (Å²) in [6.07, 6.45) is 5.31. The second kappa shape index (κ2) is 8.33. The molecular formula is C23H29N7O2S. The maximum Gasteiger partial charge on any atom is 0.317 e. The van der Waals surface area contributed by atoms with Crippen molar-refractivity contribution in [3.63, 3.8) is 0 Å². The molecule has 33 heavy (non-hydrogen) atoms. The lowest BCUT2D eigenvalue weighted by molar-refractivity contribution is 0.206. The first-order valence-electron chi connectivity index (χ1n) is 11.3. The summed E-state index contributed by atoms with van der Waals surface area (Å²) >= 11 is 1.61. The van der Waals surface area contributed by atoms with Crippen LogP contribution < -0.4 is 15.8 Å². The van der Waals surface area contributed by atoms with Gasteiger partial charge in [0.15, 0.2) is 11.6 Å². The van der Waals surface area contributed by atoms with Crippen molar-refractivity contribution in [1.82, 2.24) is 30.0 Å². The zero-order chi connectivity index (χ0) is 23.2. The van der Waals surface area contributed by atoms with Crippen molar-refractivity contribution < 1.29 is 9.53 Å². The van der Waals surface area contributed by atoms with Gasteiger partial charge in [0.1, 0.15) is 11.1 Å². The fourth-order valence-electron chi connectivity index (χ4n) is 4.82. The maximum atomic E-state index is 12.3. The van der Waals surface area contributed by atoms with E-state index in [2.05, 4.69) is 26.0 Å². The average molecular weight is 468 g/mol. The number of carbonyl (C=O) groups excluding carboxylic acids is 1. The third kappa shape index (κ3) is 3.92. The zero-order valence-corrected chi connectivity index (χ0v) is 20.0. The number of anilines is 1. The van der Waals surface area contributed by atoms with Crippen LogP contribution in [0.25, 0.3) is 11.3 Å². The van der Waals surface area contributed by atoms with Crippen molar-refractivity contribution >= 4 is 23.2 Å². The zero-order valence-electron chi connectivity index (χ0n) is 19.2. The quantitative estimate of drug-likeness (QED) is 0.594. The number of hydrogen-bond acceptors (Lipinski definition) is 7. The SMILES string of the molecule is CCNC(=O)N1CC[C@@]2(CCn3nc(-c4cnc(N)c(OC(C)c5ncc(C)s5)c4)cc32)C1. The number of nitrogens with two attached hydrogens (primary N) is 1. The van der Waals surface area contributed by atoms with E-state index >= 15 is 0 Å². The number of urea groups is 1. The molecule has 3 aromatic heterocycles. The van der Waals surface area contributed by atoms with E-state index in [0.717, 1.165) is 53.6 Å². The molecule has 10 heteroatoms. The van der Waals surface area contributed by atoms with E-state index < -0.39 is 0 Å². The number of nitrogens with zero attached hydrogens (tertiary/aromatic N) is 5. The van der Waals surface area contributed by atoms with Gasteiger partial charge in [-0.2, -0.15) is 5.10 Å². The Morgan fingerprint density at radius 3 is 2.88 bits per heavy atom. The van der Waals surface area contributed by atoms with Gasteiger partial charge in [0.05, 0.1) is 5.69 Å². The lowest BCUT2D eigenvalue weighted by Crippen LogP contribution is -2.40. The van der Waals surface area contributed by atoms with Gasteiger partial charge in [-0.05, 0) is 45.7 Å². The van der Waals surface area contributed by atoms with Gasteiger partial charge in [-0.3, -0.25) is 4.68 Å². The Kier molecular flexibility index (Phi) is 5.48. The number of rotatable bonds is 5. The molecule has 2 aliphatic rings. The largest absolute Gasteiger partial charge is 0.480 e.